The lowest BCUT2D eigenvalue weighted by Gasteiger charge is -2.23. The van der Waals surface area contributed by atoms with Gasteiger partial charge in [0.25, 0.3) is 0 Å². The van der Waals surface area contributed by atoms with Crippen LogP contribution in [0.1, 0.15) is 30.0 Å². The fourth-order valence-corrected chi connectivity index (χ4v) is 4.46. The molecule has 5 heteroatoms. The third kappa shape index (κ3) is 3.70. The van der Waals surface area contributed by atoms with Gasteiger partial charge in [0, 0.05) is 40.4 Å². The predicted molar refractivity (Wildman–Crippen MR) is 120 cm³/mol. The molecule has 1 aliphatic heterocycles. The minimum atomic E-state index is -0.583. The van der Waals surface area contributed by atoms with E-state index in [2.05, 4.69) is 10.3 Å². The second-order valence-corrected chi connectivity index (χ2v) is 8.11. The summed E-state index contributed by atoms with van der Waals surface area (Å²) < 4.78 is 28.4. The Hall–Kier alpha value is -3.18. The average Bonchev–Trinajstić information content (AvgIpc) is 2.79. The highest BCUT2D eigenvalue weighted by atomic mass is 19.1. The van der Waals surface area contributed by atoms with Crippen LogP contribution in [0.2, 0.25) is 0 Å². The number of fused-ring (bicyclic) bond motifs is 1. The van der Waals surface area contributed by atoms with Crippen LogP contribution in [0.3, 0.4) is 0 Å². The van der Waals surface area contributed by atoms with Crippen molar-refractivity contribution in [3.8, 4) is 22.4 Å². The van der Waals surface area contributed by atoms with E-state index in [0.717, 1.165) is 71.0 Å². The van der Waals surface area contributed by atoms with Crippen molar-refractivity contribution in [1.29, 1.82) is 0 Å². The monoisotopic (exact) mass is 415 g/mol. The van der Waals surface area contributed by atoms with Crippen LogP contribution in [0.15, 0.2) is 60.8 Å². The van der Waals surface area contributed by atoms with Gasteiger partial charge >= 0.3 is 0 Å². The Kier molecular flexibility index (Phi) is 5.20. The molecule has 3 heterocycles. The number of benzene rings is 2. The topological polar surface area (TPSA) is 37.8 Å². The van der Waals surface area contributed by atoms with Crippen LogP contribution >= 0.6 is 0 Å². The Morgan fingerprint density at radius 1 is 0.903 bits per heavy atom. The van der Waals surface area contributed by atoms with Gasteiger partial charge in [-0.15, -0.1) is 0 Å². The quantitative estimate of drug-likeness (QED) is 0.445. The molecule has 31 heavy (non-hydrogen) atoms. The molecule has 4 aromatic rings. The molecular weight excluding hydrogens is 392 g/mol. The van der Waals surface area contributed by atoms with Gasteiger partial charge in [0.05, 0.1) is 11.2 Å². The molecule has 0 spiro atoms. The number of nitrogens with zero attached hydrogens (tertiary/aromatic N) is 2. The third-order valence-corrected chi connectivity index (χ3v) is 6.13. The van der Waals surface area contributed by atoms with Crippen LogP contribution in [-0.2, 0) is 0 Å². The molecule has 0 bridgehead atoms. The number of rotatable bonds is 3. The second-order valence-electron chi connectivity index (χ2n) is 8.11. The first-order chi connectivity index (χ1) is 15.1. The average molecular weight is 415 g/mol. The Labute approximate surface area is 180 Å². The zero-order valence-corrected chi connectivity index (χ0v) is 17.3. The Bertz CT molecular complexity index is 1260. The zero-order valence-electron chi connectivity index (χ0n) is 17.3. The maximum Gasteiger partial charge on any atom is 0.133 e. The lowest BCUT2D eigenvalue weighted by atomic mass is 9.90. The Balaban J connectivity index is 1.81. The molecule has 0 unspecified atom stereocenters. The first-order valence-electron chi connectivity index (χ1n) is 10.6. The van der Waals surface area contributed by atoms with E-state index in [9.17, 15) is 8.78 Å². The molecule has 2 aromatic carbocycles. The summed E-state index contributed by atoms with van der Waals surface area (Å²) in [4.78, 5) is 9.73. The van der Waals surface area contributed by atoms with Crippen molar-refractivity contribution in [3.63, 3.8) is 0 Å². The highest BCUT2D eigenvalue weighted by molar-refractivity contribution is 6.01. The van der Waals surface area contributed by atoms with Crippen LogP contribution in [-0.4, -0.2) is 23.1 Å². The summed E-state index contributed by atoms with van der Waals surface area (Å²) in [5.41, 5.74) is 5.70. The van der Waals surface area contributed by atoms with Crippen LogP contribution in [0, 0.1) is 18.6 Å². The van der Waals surface area contributed by atoms with Gasteiger partial charge in [0.2, 0.25) is 0 Å². The number of piperidine rings is 1. The zero-order chi connectivity index (χ0) is 21.4. The lowest BCUT2D eigenvalue weighted by Crippen LogP contribution is -2.27. The number of nitrogens with one attached hydrogen (secondary N) is 1. The summed E-state index contributed by atoms with van der Waals surface area (Å²) in [6.45, 7) is 3.91. The maximum absolute atomic E-state index is 14.8. The van der Waals surface area contributed by atoms with E-state index >= 15 is 0 Å². The molecule has 0 atom stereocenters. The summed E-state index contributed by atoms with van der Waals surface area (Å²) >= 11 is 0. The Morgan fingerprint density at radius 3 is 2.48 bits per heavy atom. The predicted octanol–water partition coefficient (Wildman–Crippen LogP) is 6.02. The van der Waals surface area contributed by atoms with Crippen molar-refractivity contribution >= 4 is 10.9 Å². The van der Waals surface area contributed by atoms with Crippen LogP contribution < -0.4 is 5.32 Å². The molecule has 0 aliphatic carbocycles. The lowest BCUT2D eigenvalue weighted by molar-refractivity contribution is 0.454. The van der Waals surface area contributed by atoms with E-state index in [1.54, 1.807) is 6.20 Å². The standard InChI is InChI=1S/C26H23F2N3/c1-16-4-2-3-5-19(16)25-26-21(10-13-30-25)22(20-7-6-18(27)14-23(20)28)15-24(31-26)17-8-11-29-12-9-17/h2-7,10,13-15,17,29H,8-9,11-12H2,1H3. The van der Waals surface area contributed by atoms with Gasteiger partial charge < -0.3 is 5.32 Å². The molecule has 1 aliphatic rings. The second kappa shape index (κ2) is 8.16. The summed E-state index contributed by atoms with van der Waals surface area (Å²) in [6.07, 6.45) is 3.69. The van der Waals surface area contributed by atoms with Gasteiger partial charge in [-0.1, -0.05) is 24.3 Å². The number of hydrogen-bond acceptors (Lipinski definition) is 3. The summed E-state index contributed by atoms with van der Waals surface area (Å²) in [7, 11) is 0. The summed E-state index contributed by atoms with van der Waals surface area (Å²) in [6, 6.07) is 15.7. The van der Waals surface area contributed by atoms with Crippen molar-refractivity contribution in [1.82, 2.24) is 15.3 Å². The number of pyridine rings is 2. The van der Waals surface area contributed by atoms with E-state index in [-0.39, 0.29) is 5.92 Å². The van der Waals surface area contributed by atoms with Gasteiger partial charge in [-0.3, -0.25) is 9.97 Å². The number of aromatic nitrogens is 2. The van der Waals surface area contributed by atoms with Gasteiger partial charge in [0.1, 0.15) is 11.6 Å². The molecule has 1 N–H and O–H groups in total. The molecule has 0 radical (unpaired) electrons. The van der Waals surface area contributed by atoms with Crippen molar-refractivity contribution < 1.29 is 8.78 Å². The minimum Gasteiger partial charge on any atom is -0.317 e. The van der Waals surface area contributed by atoms with E-state index in [4.69, 9.17) is 4.98 Å². The van der Waals surface area contributed by atoms with E-state index < -0.39 is 11.6 Å². The van der Waals surface area contributed by atoms with Crippen LogP contribution in [0.4, 0.5) is 8.78 Å². The smallest absolute Gasteiger partial charge is 0.133 e. The fraction of sp³-hybridized carbons (Fsp3) is 0.231. The van der Waals surface area contributed by atoms with Crippen molar-refractivity contribution in [2.45, 2.75) is 25.7 Å². The van der Waals surface area contributed by atoms with Crippen LogP contribution in [0.5, 0.6) is 0 Å². The van der Waals surface area contributed by atoms with Crippen molar-refractivity contribution in [2.24, 2.45) is 0 Å². The molecule has 1 fully saturated rings. The normalized spacial score (nSPS) is 14.8. The molecule has 3 nitrogen and oxygen atoms in total. The van der Waals surface area contributed by atoms with E-state index in [1.165, 1.54) is 12.1 Å². The van der Waals surface area contributed by atoms with Gasteiger partial charge in [-0.2, -0.15) is 0 Å². The van der Waals surface area contributed by atoms with Crippen LogP contribution in [0.25, 0.3) is 33.3 Å². The Morgan fingerprint density at radius 2 is 1.71 bits per heavy atom. The molecule has 156 valence electrons. The molecule has 1 saturated heterocycles. The van der Waals surface area contributed by atoms with Gasteiger partial charge in [-0.05, 0) is 68.2 Å². The first kappa shape index (κ1) is 19.8. The molecule has 0 amide bonds. The number of halogens is 2. The van der Waals surface area contributed by atoms with Crippen molar-refractivity contribution in [2.75, 3.05) is 13.1 Å². The third-order valence-electron chi connectivity index (χ3n) is 6.13. The maximum atomic E-state index is 14.8. The number of hydrogen-bond donors (Lipinski definition) is 1. The number of aryl methyl sites for hydroxylation is 1. The SMILES string of the molecule is Cc1ccccc1-c1nccc2c(-c3ccc(F)cc3F)cc(C3CCNCC3)nc12. The van der Waals surface area contributed by atoms with Crippen molar-refractivity contribution in [3.05, 3.63) is 83.7 Å². The molecule has 5 rings (SSSR count). The fourth-order valence-electron chi connectivity index (χ4n) is 4.46. The minimum absolute atomic E-state index is 0.290. The molecular formula is C26H23F2N3. The summed E-state index contributed by atoms with van der Waals surface area (Å²) in [5.74, 6) is -0.865. The largest absolute Gasteiger partial charge is 0.317 e. The highest BCUT2D eigenvalue weighted by Gasteiger charge is 2.22. The van der Waals surface area contributed by atoms with E-state index in [0.29, 0.717) is 5.56 Å². The van der Waals surface area contributed by atoms with Gasteiger partial charge in [-0.25, -0.2) is 8.78 Å². The highest BCUT2D eigenvalue weighted by Crippen LogP contribution is 2.37. The van der Waals surface area contributed by atoms with Gasteiger partial charge in [0.15, 0.2) is 0 Å². The molecule has 0 saturated carbocycles. The molecule has 2 aromatic heterocycles. The first-order valence-corrected chi connectivity index (χ1v) is 10.6. The van der Waals surface area contributed by atoms with E-state index in [1.807, 2.05) is 43.3 Å². The summed E-state index contributed by atoms with van der Waals surface area (Å²) in [5, 5.41) is 4.20.